The summed E-state index contributed by atoms with van der Waals surface area (Å²) in [6, 6.07) is 6.84. The fraction of sp³-hybridized carbons (Fsp3) is 0.533. The predicted octanol–water partition coefficient (Wildman–Crippen LogP) is 0.794. The molecule has 1 aliphatic heterocycles. The molecule has 0 unspecified atom stereocenters. The van der Waals surface area contributed by atoms with Crippen molar-refractivity contribution >= 4 is 16.1 Å². The summed E-state index contributed by atoms with van der Waals surface area (Å²) in [6.07, 6.45) is 0.0593. The van der Waals surface area contributed by atoms with Crippen molar-refractivity contribution < 1.29 is 17.9 Å². The number of hydrogen-bond acceptors (Lipinski definition) is 4. The second-order valence-electron chi connectivity index (χ2n) is 5.94. The van der Waals surface area contributed by atoms with E-state index < -0.39 is 10.0 Å². The summed E-state index contributed by atoms with van der Waals surface area (Å²) < 4.78 is 27.7. The highest BCUT2D eigenvalue weighted by Crippen LogP contribution is 2.11. The molecule has 3 N–H and O–H groups in total. The van der Waals surface area contributed by atoms with Gasteiger partial charge in [0.05, 0.1) is 18.0 Å². The summed E-state index contributed by atoms with van der Waals surface area (Å²) in [5, 5.41) is 7.87. The number of ether oxygens (including phenoxy) is 1. The highest BCUT2D eigenvalue weighted by atomic mass is 32.2. The second-order valence-corrected chi connectivity index (χ2v) is 7.56. The molecule has 1 aromatic rings. The van der Waals surface area contributed by atoms with Crippen LogP contribution in [0.25, 0.3) is 0 Å². The highest BCUT2D eigenvalue weighted by Gasteiger charge is 2.25. The minimum Gasteiger partial charge on any atom is -0.372 e. The van der Waals surface area contributed by atoms with Crippen LogP contribution >= 0.6 is 0 Å². The van der Waals surface area contributed by atoms with Crippen LogP contribution in [0.5, 0.6) is 0 Å². The summed E-state index contributed by atoms with van der Waals surface area (Å²) in [6.45, 7) is 5.42. The molecule has 0 aromatic heterocycles. The summed E-state index contributed by atoms with van der Waals surface area (Å²) in [5.41, 5.74) is 1.52. The zero-order valence-corrected chi connectivity index (χ0v) is 14.2. The zero-order valence-electron chi connectivity index (χ0n) is 13.4. The molecule has 1 heterocycles. The molecule has 0 aliphatic carbocycles. The molecule has 2 rings (SSSR count). The quantitative estimate of drug-likeness (QED) is 0.845. The van der Waals surface area contributed by atoms with Gasteiger partial charge < -0.3 is 15.0 Å². The Balaban J connectivity index is 1.87. The number of nitrogens with one attached hydrogen (secondary N) is 1. The summed E-state index contributed by atoms with van der Waals surface area (Å²) in [5.74, 6) is -0.191. The van der Waals surface area contributed by atoms with Crippen LogP contribution in [0.15, 0.2) is 24.3 Å². The number of carbonyl (C=O) groups excluding carboxylic acids is 1. The lowest BCUT2D eigenvalue weighted by atomic mass is 10.1. The van der Waals surface area contributed by atoms with Gasteiger partial charge in [0.25, 0.3) is 0 Å². The van der Waals surface area contributed by atoms with Gasteiger partial charge in [0, 0.05) is 19.6 Å². The topological polar surface area (TPSA) is 102 Å². The molecule has 1 saturated heterocycles. The van der Waals surface area contributed by atoms with E-state index in [4.69, 9.17) is 9.88 Å². The molecular formula is C15H23N3O4S. The first-order valence-electron chi connectivity index (χ1n) is 7.49. The molecule has 7 nitrogen and oxygen atoms in total. The van der Waals surface area contributed by atoms with Gasteiger partial charge in [0.2, 0.25) is 10.0 Å². The standard InChI is InChI=1S/C15H23N3O4S/c1-11-8-18(9-12(2)22-11)15(19)17-7-13-3-5-14(6-4-13)10-23(16,20)21/h3-6,11-12H,7-10H2,1-2H3,(H,17,19)(H2,16,20,21)/t11-,12+. The number of urea groups is 1. The Morgan fingerprint density at radius 1 is 1.22 bits per heavy atom. The Morgan fingerprint density at radius 3 is 2.26 bits per heavy atom. The third kappa shape index (κ3) is 5.81. The van der Waals surface area contributed by atoms with Crippen molar-refractivity contribution in [1.29, 1.82) is 0 Å². The lowest BCUT2D eigenvalue weighted by Crippen LogP contribution is -2.51. The predicted molar refractivity (Wildman–Crippen MR) is 87.1 cm³/mol. The van der Waals surface area contributed by atoms with E-state index in [2.05, 4.69) is 5.32 Å². The van der Waals surface area contributed by atoms with E-state index in [1.807, 2.05) is 13.8 Å². The lowest BCUT2D eigenvalue weighted by molar-refractivity contribution is -0.0545. The first-order valence-corrected chi connectivity index (χ1v) is 9.21. The summed E-state index contributed by atoms with van der Waals surface area (Å²) >= 11 is 0. The van der Waals surface area contributed by atoms with Gasteiger partial charge in [-0.15, -0.1) is 0 Å². The van der Waals surface area contributed by atoms with Crippen molar-refractivity contribution in [2.75, 3.05) is 13.1 Å². The molecule has 1 aliphatic rings. The minimum atomic E-state index is -3.53. The molecule has 2 amide bonds. The smallest absolute Gasteiger partial charge is 0.317 e. The van der Waals surface area contributed by atoms with Crippen LogP contribution in [-0.2, 0) is 27.1 Å². The number of nitrogens with zero attached hydrogens (tertiary/aromatic N) is 1. The van der Waals surface area contributed by atoms with E-state index >= 15 is 0 Å². The molecular weight excluding hydrogens is 318 g/mol. The number of amides is 2. The van der Waals surface area contributed by atoms with Crippen LogP contribution in [0.1, 0.15) is 25.0 Å². The van der Waals surface area contributed by atoms with Gasteiger partial charge in [-0.05, 0) is 25.0 Å². The van der Waals surface area contributed by atoms with Gasteiger partial charge in [0.15, 0.2) is 0 Å². The SMILES string of the molecule is C[C@@H]1CN(C(=O)NCc2ccc(CS(N)(=O)=O)cc2)C[C@H](C)O1. The summed E-state index contributed by atoms with van der Waals surface area (Å²) in [7, 11) is -3.53. The van der Waals surface area contributed by atoms with Gasteiger partial charge >= 0.3 is 6.03 Å². The van der Waals surface area contributed by atoms with E-state index in [1.165, 1.54) is 0 Å². The fourth-order valence-corrected chi connectivity index (χ4v) is 3.28. The monoisotopic (exact) mass is 341 g/mol. The van der Waals surface area contributed by atoms with E-state index in [0.717, 1.165) is 5.56 Å². The maximum Gasteiger partial charge on any atom is 0.317 e. The third-order valence-corrected chi connectivity index (χ3v) is 4.28. The number of morpholine rings is 1. The Labute approximate surface area is 136 Å². The van der Waals surface area contributed by atoms with E-state index in [0.29, 0.717) is 25.2 Å². The van der Waals surface area contributed by atoms with Crippen molar-refractivity contribution in [3.8, 4) is 0 Å². The molecule has 0 bridgehead atoms. The van der Waals surface area contributed by atoms with Crippen molar-refractivity contribution in [1.82, 2.24) is 10.2 Å². The second kappa shape index (κ2) is 7.29. The van der Waals surface area contributed by atoms with Crippen LogP contribution in [0, 0.1) is 0 Å². The Hall–Kier alpha value is -1.64. The average molecular weight is 341 g/mol. The van der Waals surface area contributed by atoms with Gasteiger partial charge in [-0.3, -0.25) is 0 Å². The molecule has 23 heavy (non-hydrogen) atoms. The Morgan fingerprint density at radius 2 is 1.74 bits per heavy atom. The van der Waals surface area contributed by atoms with Crippen molar-refractivity contribution in [3.05, 3.63) is 35.4 Å². The number of primary sulfonamides is 1. The Bertz CT molecular complexity index is 635. The van der Waals surface area contributed by atoms with Gasteiger partial charge in [0.1, 0.15) is 0 Å². The normalized spacial score (nSPS) is 22.0. The maximum absolute atomic E-state index is 12.2. The molecule has 1 aromatic carbocycles. The van der Waals surface area contributed by atoms with Gasteiger partial charge in [-0.25, -0.2) is 18.4 Å². The highest BCUT2D eigenvalue weighted by molar-refractivity contribution is 7.88. The largest absolute Gasteiger partial charge is 0.372 e. The van der Waals surface area contributed by atoms with Gasteiger partial charge in [-0.1, -0.05) is 24.3 Å². The van der Waals surface area contributed by atoms with Gasteiger partial charge in [-0.2, -0.15) is 0 Å². The third-order valence-electron chi connectivity index (χ3n) is 3.54. The molecule has 0 saturated carbocycles. The first-order chi connectivity index (χ1) is 10.7. The van der Waals surface area contributed by atoms with Crippen molar-refractivity contribution in [2.24, 2.45) is 5.14 Å². The maximum atomic E-state index is 12.2. The molecule has 2 atom stereocenters. The molecule has 0 spiro atoms. The molecule has 0 radical (unpaired) electrons. The number of sulfonamides is 1. The van der Waals surface area contributed by atoms with Crippen LogP contribution in [0.3, 0.4) is 0 Å². The number of benzene rings is 1. The first kappa shape index (κ1) is 17.7. The molecule has 8 heteroatoms. The number of rotatable bonds is 4. The lowest BCUT2D eigenvalue weighted by Gasteiger charge is -2.35. The number of hydrogen-bond donors (Lipinski definition) is 2. The minimum absolute atomic E-state index is 0.0296. The van der Waals surface area contributed by atoms with Crippen molar-refractivity contribution in [2.45, 2.75) is 38.4 Å². The van der Waals surface area contributed by atoms with E-state index in [1.54, 1.807) is 29.2 Å². The van der Waals surface area contributed by atoms with Crippen LogP contribution < -0.4 is 10.5 Å². The van der Waals surface area contributed by atoms with Crippen LogP contribution in [0.2, 0.25) is 0 Å². The van der Waals surface area contributed by atoms with E-state index in [-0.39, 0.29) is 24.0 Å². The average Bonchev–Trinajstić information content (AvgIpc) is 2.43. The zero-order chi connectivity index (χ0) is 17.0. The Kier molecular flexibility index (Phi) is 5.61. The van der Waals surface area contributed by atoms with E-state index in [9.17, 15) is 13.2 Å². The fourth-order valence-electron chi connectivity index (χ4n) is 2.62. The van der Waals surface area contributed by atoms with Crippen LogP contribution in [0.4, 0.5) is 4.79 Å². The molecule has 128 valence electrons. The van der Waals surface area contributed by atoms with Crippen LogP contribution in [-0.4, -0.2) is 44.6 Å². The van der Waals surface area contributed by atoms with Crippen molar-refractivity contribution in [3.63, 3.8) is 0 Å². The number of nitrogens with two attached hydrogens (primary N) is 1. The number of carbonyl (C=O) groups is 1. The molecule has 1 fully saturated rings. The summed E-state index contributed by atoms with van der Waals surface area (Å²) in [4.78, 5) is 13.9.